The number of nitrogens with one attached hydrogen (secondary N) is 1. The summed E-state index contributed by atoms with van der Waals surface area (Å²) in [5.41, 5.74) is 0.618. The maximum absolute atomic E-state index is 14.0. The quantitative estimate of drug-likeness (QED) is 0.359. The fraction of sp³-hybridized carbons (Fsp3) is 0.562. The number of carbonyl (C=O) groups excluding carboxylic acids is 1. The van der Waals surface area contributed by atoms with Crippen LogP contribution < -0.4 is 10.1 Å². The zero-order valence-corrected chi connectivity index (χ0v) is 24.4. The van der Waals surface area contributed by atoms with Gasteiger partial charge in [0.2, 0.25) is 5.91 Å². The Morgan fingerprint density at radius 2 is 1.56 bits per heavy atom. The van der Waals surface area contributed by atoms with Gasteiger partial charge in [0.1, 0.15) is 17.9 Å². The van der Waals surface area contributed by atoms with Gasteiger partial charge in [-0.25, -0.2) is 0 Å². The predicted octanol–water partition coefficient (Wildman–Crippen LogP) is 3.07. The molecule has 9 nitrogen and oxygen atoms in total. The zero-order valence-electron chi connectivity index (χ0n) is 24.4. The van der Waals surface area contributed by atoms with Crippen molar-refractivity contribution in [1.29, 1.82) is 0 Å². The highest BCUT2D eigenvalue weighted by Crippen LogP contribution is 2.36. The summed E-state index contributed by atoms with van der Waals surface area (Å²) in [4.78, 5) is 31.5. The highest BCUT2D eigenvalue weighted by atomic mass is 16.5. The molecule has 2 aliphatic heterocycles. The highest BCUT2D eigenvalue weighted by Gasteiger charge is 2.53. The third-order valence-electron chi connectivity index (χ3n) is 8.00. The molecule has 2 atom stereocenters. The van der Waals surface area contributed by atoms with Crippen molar-refractivity contribution in [1.82, 2.24) is 15.1 Å². The van der Waals surface area contributed by atoms with Gasteiger partial charge in [-0.3, -0.25) is 19.4 Å². The van der Waals surface area contributed by atoms with Gasteiger partial charge >= 0.3 is 5.97 Å². The van der Waals surface area contributed by atoms with E-state index in [4.69, 9.17) is 14.2 Å². The molecule has 0 spiro atoms. The number of carbonyl (C=O) groups is 2. The summed E-state index contributed by atoms with van der Waals surface area (Å²) < 4.78 is 17.0. The van der Waals surface area contributed by atoms with Gasteiger partial charge in [-0.1, -0.05) is 56.3 Å². The summed E-state index contributed by atoms with van der Waals surface area (Å²) in [5.74, 6) is -1.17. The summed E-state index contributed by atoms with van der Waals surface area (Å²) in [6.45, 7) is 10.6. The van der Waals surface area contributed by atoms with Crippen molar-refractivity contribution in [3.63, 3.8) is 0 Å². The van der Waals surface area contributed by atoms with Crippen LogP contribution in [0, 0.1) is 11.8 Å². The lowest BCUT2D eigenvalue weighted by Gasteiger charge is -2.47. The molecule has 0 saturated carbocycles. The van der Waals surface area contributed by atoms with Gasteiger partial charge < -0.3 is 24.6 Å². The molecule has 2 aromatic carbocycles. The first-order chi connectivity index (χ1) is 19.9. The van der Waals surface area contributed by atoms with Crippen LogP contribution >= 0.6 is 0 Å². The van der Waals surface area contributed by atoms with E-state index in [9.17, 15) is 14.7 Å². The topological polar surface area (TPSA) is 101 Å². The van der Waals surface area contributed by atoms with Crippen molar-refractivity contribution in [3.8, 4) is 5.75 Å². The fourth-order valence-electron chi connectivity index (χ4n) is 5.91. The van der Waals surface area contributed by atoms with Crippen LogP contribution in [0.15, 0.2) is 54.6 Å². The lowest BCUT2D eigenvalue weighted by molar-refractivity contribution is -0.166. The number of aliphatic carboxylic acids is 1. The molecule has 2 fully saturated rings. The Morgan fingerprint density at radius 3 is 2.17 bits per heavy atom. The van der Waals surface area contributed by atoms with E-state index >= 15 is 0 Å². The first kappa shape index (κ1) is 31.0. The van der Waals surface area contributed by atoms with Crippen molar-refractivity contribution in [2.24, 2.45) is 11.8 Å². The fourth-order valence-corrected chi connectivity index (χ4v) is 5.91. The molecular formula is C32H45N3O6. The van der Waals surface area contributed by atoms with Crippen LogP contribution in [0.2, 0.25) is 0 Å². The van der Waals surface area contributed by atoms with Crippen LogP contribution in [0.4, 0.5) is 0 Å². The van der Waals surface area contributed by atoms with Crippen LogP contribution in [0.1, 0.15) is 31.4 Å². The van der Waals surface area contributed by atoms with Gasteiger partial charge in [0.25, 0.3) is 0 Å². The number of amides is 1. The maximum Gasteiger partial charge on any atom is 0.324 e. The van der Waals surface area contributed by atoms with Gasteiger partial charge in [-0.05, 0) is 42.0 Å². The average molecular weight is 568 g/mol. The molecule has 0 bridgehead atoms. The maximum atomic E-state index is 14.0. The Kier molecular flexibility index (Phi) is 11.6. The molecule has 9 heteroatoms. The second-order valence-corrected chi connectivity index (χ2v) is 11.3. The minimum atomic E-state index is -1.36. The standard InChI is InChI=1S/C32H45N3O6/c1-25(2)23-32(31(37)38,35-16-20-40-21-17-35)29(30(36)33-12-13-34-14-18-39-19-15-34)22-26-8-10-28(11-9-26)41-24-27-6-4-3-5-7-27/h3-11,25,29H,12-24H2,1-2H3,(H,33,36)(H,37,38)/t29-,32+/m1/s1. The third-order valence-corrected chi connectivity index (χ3v) is 8.00. The van der Waals surface area contributed by atoms with E-state index < -0.39 is 17.4 Å². The van der Waals surface area contributed by atoms with Crippen molar-refractivity contribution >= 4 is 11.9 Å². The number of hydrogen-bond donors (Lipinski definition) is 2. The monoisotopic (exact) mass is 567 g/mol. The third kappa shape index (κ3) is 8.52. The van der Waals surface area contributed by atoms with Crippen LogP contribution in [0.25, 0.3) is 0 Å². The number of hydrogen-bond acceptors (Lipinski definition) is 7. The Labute approximate surface area is 243 Å². The Hall–Kier alpha value is -2.98. The van der Waals surface area contributed by atoms with Gasteiger partial charge in [0.15, 0.2) is 0 Å². The number of ether oxygens (including phenoxy) is 3. The van der Waals surface area contributed by atoms with Crippen molar-refractivity contribution in [3.05, 3.63) is 65.7 Å². The predicted molar refractivity (Wildman–Crippen MR) is 157 cm³/mol. The molecule has 1 amide bonds. The second kappa shape index (κ2) is 15.3. The van der Waals surface area contributed by atoms with Crippen molar-refractivity contribution < 1.29 is 28.9 Å². The molecule has 2 heterocycles. The molecule has 0 unspecified atom stereocenters. The lowest BCUT2D eigenvalue weighted by Crippen LogP contribution is -2.66. The van der Waals surface area contributed by atoms with E-state index in [1.54, 1.807) is 0 Å². The van der Waals surface area contributed by atoms with Crippen LogP contribution in [-0.4, -0.2) is 98.0 Å². The van der Waals surface area contributed by atoms with Crippen molar-refractivity contribution in [2.45, 2.75) is 38.8 Å². The average Bonchev–Trinajstić information content (AvgIpc) is 2.99. The first-order valence-corrected chi connectivity index (χ1v) is 14.8. The summed E-state index contributed by atoms with van der Waals surface area (Å²) in [7, 11) is 0. The van der Waals surface area contributed by atoms with Gasteiger partial charge in [-0.15, -0.1) is 0 Å². The molecular weight excluding hydrogens is 522 g/mol. The minimum absolute atomic E-state index is 0.0753. The Balaban J connectivity index is 1.55. The molecule has 224 valence electrons. The molecule has 0 radical (unpaired) electrons. The summed E-state index contributed by atoms with van der Waals surface area (Å²) >= 11 is 0. The number of morpholine rings is 2. The summed E-state index contributed by atoms with van der Waals surface area (Å²) in [5, 5.41) is 14.0. The van der Waals surface area contributed by atoms with Gasteiger partial charge in [-0.2, -0.15) is 0 Å². The molecule has 2 aliphatic rings. The number of carboxylic acid groups (broad SMARTS) is 1. The SMILES string of the molecule is CC(C)C[C@@](C(=O)O)([C@H](Cc1ccc(OCc2ccccc2)cc1)C(=O)NCCN1CCOCC1)N1CCOCC1. The van der Waals surface area contributed by atoms with E-state index in [2.05, 4.69) is 10.2 Å². The number of carboxylic acids is 1. The Bertz CT molecular complexity index is 1080. The largest absolute Gasteiger partial charge is 0.489 e. The van der Waals surface area contributed by atoms with E-state index in [-0.39, 0.29) is 11.8 Å². The molecule has 41 heavy (non-hydrogen) atoms. The molecule has 0 aliphatic carbocycles. The van der Waals surface area contributed by atoms with Crippen LogP contribution in [0.3, 0.4) is 0 Å². The van der Waals surface area contributed by atoms with Crippen LogP contribution in [0.5, 0.6) is 5.75 Å². The first-order valence-electron chi connectivity index (χ1n) is 14.8. The van der Waals surface area contributed by atoms with E-state index in [0.717, 1.165) is 30.0 Å². The summed E-state index contributed by atoms with van der Waals surface area (Å²) in [6, 6.07) is 17.6. The zero-order chi connectivity index (χ0) is 29.1. The second-order valence-electron chi connectivity index (χ2n) is 11.3. The molecule has 2 saturated heterocycles. The molecule has 2 N–H and O–H groups in total. The smallest absolute Gasteiger partial charge is 0.324 e. The lowest BCUT2D eigenvalue weighted by atomic mass is 9.72. The Morgan fingerprint density at radius 1 is 0.927 bits per heavy atom. The molecule has 4 rings (SSSR count). The van der Waals surface area contributed by atoms with Crippen LogP contribution in [-0.2, 0) is 32.1 Å². The number of nitrogens with zero attached hydrogens (tertiary/aromatic N) is 2. The normalized spacial score (nSPS) is 18.9. The minimum Gasteiger partial charge on any atom is -0.489 e. The van der Waals surface area contributed by atoms with Gasteiger partial charge in [0, 0.05) is 39.3 Å². The molecule has 2 aromatic rings. The summed E-state index contributed by atoms with van der Waals surface area (Å²) in [6.07, 6.45) is 0.668. The van der Waals surface area contributed by atoms with E-state index in [1.165, 1.54) is 0 Å². The number of rotatable bonds is 14. The van der Waals surface area contributed by atoms with Crippen molar-refractivity contribution in [2.75, 3.05) is 65.7 Å². The van der Waals surface area contributed by atoms with E-state index in [0.29, 0.717) is 72.1 Å². The van der Waals surface area contributed by atoms with Gasteiger partial charge in [0.05, 0.1) is 32.3 Å². The highest BCUT2D eigenvalue weighted by molar-refractivity contribution is 5.90. The number of benzene rings is 2. The van der Waals surface area contributed by atoms with E-state index in [1.807, 2.05) is 73.3 Å². The molecule has 0 aromatic heterocycles.